The van der Waals surface area contributed by atoms with Gasteiger partial charge in [0.25, 0.3) is 5.91 Å². The number of carboxylic acids is 1. The quantitative estimate of drug-likeness (QED) is 0.886. The summed E-state index contributed by atoms with van der Waals surface area (Å²) < 4.78 is 0.757. The molecule has 5 nitrogen and oxygen atoms in total. The van der Waals surface area contributed by atoms with Gasteiger partial charge in [-0.05, 0) is 28.4 Å². The maximum atomic E-state index is 11.9. The number of amides is 1. The summed E-state index contributed by atoms with van der Waals surface area (Å²) in [5.41, 5.74) is 0.370. The van der Waals surface area contributed by atoms with Crippen molar-refractivity contribution < 1.29 is 14.7 Å². The first-order chi connectivity index (χ1) is 7.47. The number of carbonyl (C=O) groups is 2. The Morgan fingerprint density at radius 3 is 2.62 bits per heavy atom. The van der Waals surface area contributed by atoms with Crippen molar-refractivity contribution in [2.75, 3.05) is 7.05 Å². The van der Waals surface area contributed by atoms with Crippen LogP contribution in [0.25, 0.3) is 0 Å². The summed E-state index contributed by atoms with van der Waals surface area (Å²) >= 11 is 3.21. The molecule has 1 atom stereocenters. The molecule has 0 aliphatic heterocycles. The monoisotopic (exact) mass is 288 g/mol. The third-order valence-corrected chi connectivity index (χ3v) is 2.80. The standard InChI is InChI=1S/C10H13BrN2O3/c1-3-8(10(15)16)13(2)9(14)7-4-6(11)5-12-7/h4-5,8,12H,3H2,1-2H3,(H,15,16). The van der Waals surface area contributed by atoms with Crippen LogP contribution in [0.15, 0.2) is 16.7 Å². The van der Waals surface area contributed by atoms with Crippen molar-refractivity contribution in [1.29, 1.82) is 0 Å². The smallest absolute Gasteiger partial charge is 0.326 e. The molecule has 0 aliphatic rings. The number of hydrogen-bond donors (Lipinski definition) is 2. The lowest BCUT2D eigenvalue weighted by Gasteiger charge is -2.23. The van der Waals surface area contributed by atoms with Crippen LogP contribution in [-0.2, 0) is 4.79 Å². The highest BCUT2D eigenvalue weighted by atomic mass is 79.9. The van der Waals surface area contributed by atoms with E-state index in [2.05, 4.69) is 20.9 Å². The summed E-state index contributed by atoms with van der Waals surface area (Å²) in [7, 11) is 1.49. The summed E-state index contributed by atoms with van der Waals surface area (Å²) in [5.74, 6) is -1.33. The predicted molar refractivity (Wildman–Crippen MR) is 62.3 cm³/mol. The highest BCUT2D eigenvalue weighted by Crippen LogP contribution is 2.14. The first kappa shape index (κ1) is 12.8. The molecule has 0 spiro atoms. The van der Waals surface area contributed by atoms with E-state index in [1.807, 2.05) is 0 Å². The van der Waals surface area contributed by atoms with E-state index in [9.17, 15) is 9.59 Å². The van der Waals surface area contributed by atoms with Gasteiger partial charge in [-0.2, -0.15) is 0 Å². The zero-order valence-corrected chi connectivity index (χ0v) is 10.6. The summed E-state index contributed by atoms with van der Waals surface area (Å²) in [6.45, 7) is 1.73. The van der Waals surface area contributed by atoms with Gasteiger partial charge in [-0.15, -0.1) is 0 Å². The molecule has 0 bridgehead atoms. The van der Waals surface area contributed by atoms with E-state index in [-0.39, 0.29) is 5.91 Å². The number of aliphatic carboxylic acids is 1. The third-order valence-electron chi connectivity index (χ3n) is 2.34. The van der Waals surface area contributed by atoms with E-state index >= 15 is 0 Å². The fourth-order valence-electron chi connectivity index (χ4n) is 1.44. The molecule has 1 aromatic heterocycles. The van der Waals surface area contributed by atoms with Crippen molar-refractivity contribution in [3.05, 3.63) is 22.4 Å². The number of carbonyl (C=O) groups excluding carboxylic acids is 1. The average molecular weight is 289 g/mol. The Morgan fingerprint density at radius 1 is 1.62 bits per heavy atom. The molecule has 0 aromatic carbocycles. The fourth-order valence-corrected chi connectivity index (χ4v) is 1.78. The fraction of sp³-hybridized carbons (Fsp3) is 0.400. The van der Waals surface area contributed by atoms with E-state index in [0.29, 0.717) is 12.1 Å². The molecule has 0 fully saturated rings. The highest BCUT2D eigenvalue weighted by Gasteiger charge is 2.26. The van der Waals surface area contributed by atoms with Crippen LogP contribution < -0.4 is 0 Å². The Bertz CT molecular complexity index is 403. The minimum Gasteiger partial charge on any atom is -0.480 e. The van der Waals surface area contributed by atoms with Crippen LogP contribution >= 0.6 is 15.9 Å². The number of aromatic amines is 1. The molecule has 88 valence electrons. The van der Waals surface area contributed by atoms with Gasteiger partial charge >= 0.3 is 5.97 Å². The largest absolute Gasteiger partial charge is 0.480 e. The van der Waals surface area contributed by atoms with Gasteiger partial charge in [-0.1, -0.05) is 6.92 Å². The Hall–Kier alpha value is -1.30. The van der Waals surface area contributed by atoms with Crippen LogP contribution in [-0.4, -0.2) is 40.0 Å². The Labute approximate surface area is 102 Å². The van der Waals surface area contributed by atoms with Crippen LogP contribution in [0.4, 0.5) is 0 Å². The SMILES string of the molecule is CCC(C(=O)O)N(C)C(=O)c1cc(Br)c[nH]1. The van der Waals surface area contributed by atoms with Crippen LogP contribution in [0.2, 0.25) is 0 Å². The lowest BCUT2D eigenvalue weighted by atomic mass is 10.2. The van der Waals surface area contributed by atoms with Gasteiger partial charge in [-0.3, -0.25) is 4.79 Å². The van der Waals surface area contributed by atoms with Gasteiger partial charge in [-0.25, -0.2) is 4.79 Å². The van der Waals surface area contributed by atoms with Gasteiger partial charge in [0, 0.05) is 17.7 Å². The molecule has 6 heteroatoms. The number of nitrogens with zero attached hydrogens (tertiary/aromatic N) is 1. The number of aromatic nitrogens is 1. The van der Waals surface area contributed by atoms with Crippen molar-refractivity contribution in [2.45, 2.75) is 19.4 Å². The number of hydrogen-bond acceptors (Lipinski definition) is 2. The number of carboxylic acid groups (broad SMARTS) is 1. The van der Waals surface area contributed by atoms with E-state index in [0.717, 1.165) is 4.47 Å². The topological polar surface area (TPSA) is 73.4 Å². The molecule has 1 aromatic rings. The third kappa shape index (κ3) is 2.63. The van der Waals surface area contributed by atoms with Crippen molar-refractivity contribution in [3.8, 4) is 0 Å². The summed E-state index contributed by atoms with van der Waals surface area (Å²) in [4.78, 5) is 26.8. The summed E-state index contributed by atoms with van der Waals surface area (Å²) in [6.07, 6.45) is 2.00. The van der Waals surface area contributed by atoms with Gasteiger partial charge < -0.3 is 15.0 Å². The summed E-state index contributed by atoms with van der Waals surface area (Å²) in [5, 5.41) is 8.93. The maximum absolute atomic E-state index is 11.9. The van der Waals surface area contributed by atoms with Crippen molar-refractivity contribution in [1.82, 2.24) is 9.88 Å². The second kappa shape index (κ2) is 5.16. The molecule has 0 aliphatic carbocycles. The molecule has 1 heterocycles. The molecule has 16 heavy (non-hydrogen) atoms. The van der Waals surface area contributed by atoms with Gasteiger partial charge in [0.1, 0.15) is 11.7 Å². The minimum atomic E-state index is -0.996. The second-order valence-corrected chi connectivity index (χ2v) is 4.33. The molecule has 1 unspecified atom stereocenters. The zero-order chi connectivity index (χ0) is 12.3. The Morgan fingerprint density at radius 2 is 2.25 bits per heavy atom. The molecule has 0 saturated carbocycles. The van der Waals surface area contributed by atoms with Crippen LogP contribution in [0, 0.1) is 0 Å². The number of rotatable bonds is 4. The lowest BCUT2D eigenvalue weighted by Crippen LogP contribution is -2.42. The van der Waals surface area contributed by atoms with E-state index in [1.165, 1.54) is 11.9 Å². The summed E-state index contributed by atoms with van der Waals surface area (Å²) in [6, 6.07) is 0.822. The first-order valence-corrected chi connectivity index (χ1v) is 5.60. The van der Waals surface area contributed by atoms with Crippen molar-refractivity contribution >= 4 is 27.8 Å². The molecule has 0 saturated heterocycles. The van der Waals surface area contributed by atoms with Crippen LogP contribution in [0.3, 0.4) is 0 Å². The minimum absolute atomic E-state index is 0.333. The Kier molecular flexibility index (Phi) is 4.12. The van der Waals surface area contributed by atoms with Crippen molar-refractivity contribution in [3.63, 3.8) is 0 Å². The van der Waals surface area contributed by atoms with Gasteiger partial charge in [0.05, 0.1) is 0 Å². The number of halogens is 1. The number of nitrogens with one attached hydrogen (secondary N) is 1. The van der Waals surface area contributed by atoms with Crippen LogP contribution in [0.1, 0.15) is 23.8 Å². The molecular formula is C10H13BrN2O3. The highest BCUT2D eigenvalue weighted by molar-refractivity contribution is 9.10. The molecular weight excluding hydrogens is 276 g/mol. The van der Waals surface area contributed by atoms with Crippen LogP contribution in [0.5, 0.6) is 0 Å². The molecule has 1 amide bonds. The van der Waals surface area contributed by atoms with Gasteiger partial charge in [0.2, 0.25) is 0 Å². The zero-order valence-electron chi connectivity index (χ0n) is 9.03. The number of H-pyrrole nitrogens is 1. The average Bonchev–Trinajstić information content (AvgIpc) is 2.64. The molecule has 2 N–H and O–H groups in total. The lowest BCUT2D eigenvalue weighted by molar-refractivity contribution is -0.142. The Balaban J connectivity index is 2.85. The first-order valence-electron chi connectivity index (χ1n) is 4.81. The molecule has 0 radical (unpaired) electrons. The van der Waals surface area contributed by atoms with Crippen molar-refractivity contribution in [2.24, 2.45) is 0 Å². The molecule has 1 rings (SSSR count). The number of likely N-dealkylation sites (N-methyl/N-ethyl adjacent to an activating group) is 1. The van der Waals surface area contributed by atoms with Gasteiger partial charge in [0.15, 0.2) is 0 Å². The normalized spacial score (nSPS) is 12.2. The van der Waals surface area contributed by atoms with E-state index < -0.39 is 12.0 Å². The maximum Gasteiger partial charge on any atom is 0.326 e. The van der Waals surface area contributed by atoms with E-state index in [4.69, 9.17) is 5.11 Å². The predicted octanol–water partition coefficient (Wildman–Crippen LogP) is 1.71. The second-order valence-electron chi connectivity index (χ2n) is 3.41. The van der Waals surface area contributed by atoms with E-state index in [1.54, 1.807) is 19.2 Å².